The first-order chi connectivity index (χ1) is 13.8. The smallest absolute Gasteiger partial charge is 0.338 e. The summed E-state index contributed by atoms with van der Waals surface area (Å²) < 4.78 is 44.1. The third-order valence-electron chi connectivity index (χ3n) is 5.70. The van der Waals surface area contributed by atoms with Gasteiger partial charge in [0.2, 0.25) is 5.91 Å². The fraction of sp³-hybridized carbons (Fsp3) is 0.450. The van der Waals surface area contributed by atoms with Gasteiger partial charge in [0.25, 0.3) is 5.91 Å². The quantitative estimate of drug-likeness (QED) is 0.483. The zero-order chi connectivity index (χ0) is 20.8. The van der Waals surface area contributed by atoms with E-state index >= 15 is 0 Å². The van der Waals surface area contributed by atoms with Gasteiger partial charge in [-0.15, -0.1) is 0 Å². The van der Waals surface area contributed by atoms with Crippen LogP contribution in [0.2, 0.25) is 0 Å². The van der Waals surface area contributed by atoms with E-state index in [0.29, 0.717) is 44.6 Å². The van der Waals surface area contributed by atoms with Crippen molar-refractivity contribution in [2.45, 2.75) is 31.9 Å². The Kier molecular flexibility index (Phi) is 5.43. The summed E-state index contributed by atoms with van der Waals surface area (Å²) in [6.07, 6.45) is -3.33. The topological polar surface area (TPSA) is 52.7 Å². The van der Waals surface area contributed by atoms with Gasteiger partial charge < -0.3 is 13.3 Å². The van der Waals surface area contributed by atoms with E-state index in [1.54, 1.807) is 21.9 Å². The molecule has 29 heavy (non-hydrogen) atoms. The zero-order valence-corrected chi connectivity index (χ0v) is 18.0. The minimum Gasteiger partial charge on any atom is -0.338 e. The summed E-state index contributed by atoms with van der Waals surface area (Å²) in [7, 11) is 0. The number of rotatable bonds is 2. The fourth-order valence-corrected chi connectivity index (χ4v) is 6.60. The molecule has 1 aromatic carbocycles. The molecule has 1 N–H and O–H groups in total. The molecular formula is C20H21F3IN3O2. The van der Waals surface area contributed by atoms with Crippen LogP contribution in [0.15, 0.2) is 35.5 Å². The molecule has 5 nitrogen and oxygen atoms in total. The van der Waals surface area contributed by atoms with Gasteiger partial charge in [-0.1, -0.05) is 18.2 Å². The van der Waals surface area contributed by atoms with Crippen LogP contribution in [0.5, 0.6) is 0 Å². The van der Waals surface area contributed by atoms with Gasteiger partial charge in [-0.05, 0) is 30.4 Å². The molecular weight excluding hydrogens is 498 g/mol. The highest BCUT2D eigenvalue weighted by Crippen LogP contribution is 2.39. The molecule has 0 bridgehead atoms. The van der Waals surface area contributed by atoms with Gasteiger partial charge in [0.15, 0.2) is 0 Å². The van der Waals surface area contributed by atoms with Crippen LogP contribution in [-0.4, -0.2) is 51.3 Å². The lowest BCUT2D eigenvalue weighted by molar-refractivity contribution is -0.138. The Hall–Kier alpha value is -1.91. The Balaban J connectivity index is 1.42. The first kappa shape index (κ1) is 20.4. The predicted molar refractivity (Wildman–Crippen MR) is 111 cm³/mol. The molecule has 0 spiro atoms. The molecule has 0 atom stereocenters. The van der Waals surface area contributed by atoms with Crippen LogP contribution in [0.25, 0.3) is 0 Å². The summed E-state index contributed by atoms with van der Waals surface area (Å²) in [5, 5.41) is 0. The van der Waals surface area contributed by atoms with Crippen molar-refractivity contribution in [2.75, 3.05) is 26.2 Å². The fourth-order valence-electron chi connectivity index (χ4n) is 4.11. The molecule has 0 unspecified atom stereocenters. The van der Waals surface area contributed by atoms with Crippen LogP contribution >= 0.6 is 21.0 Å². The maximum absolute atomic E-state index is 13.3. The summed E-state index contributed by atoms with van der Waals surface area (Å²) in [6.45, 7) is 3.40. The van der Waals surface area contributed by atoms with E-state index in [1.807, 2.05) is 0 Å². The number of piperidine rings is 1. The monoisotopic (exact) mass is 519 g/mol. The number of hydrogen-bond donors (Lipinski definition) is 1. The van der Waals surface area contributed by atoms with Crippen molar-refractivity contribution < 1.29 is 22.8 Å². The molecule has 156 valence electrons. The molecule has 1 saturated heterocycles. The van der Waals surface area contributed by atoms with E-state index in [9.17, 15) is 22.8 Å². The summed E-state index contributed by atoms with van der Waals surface area (Å²) >= 11 is -0.628. The van der Waals surface area contributed by atoms with E-state index in [2.05, 4.69) is 3.53 Å². The predicted octanol–water partition coefficient (Wildman–Crippen LogP) is 3.19. The molecule has 3 aliphatic heterocycles. The number of alkyl halides is 3. The molecule has 2 amide bonds. The van der Waals surface area contributed by atoms with Crippen LogP contribution in [0.3, 0.4) is 0 Å². The van der Waals surface area contributed by atoms with Crippen molar-refractivity contribution in [1.29, 1.82) is 0 Å². The molecule has 0 saturated carbocycles. The molecule has 3 aliphatic rings. The largest absolute Gasteiger partial charge is 0.416 e. The SMILES string of the molecule is CC(=O)N1CC2=C(C1)C(C(=O)N1CCC(c3ccccc3C(F)(F)F)CC1)=IN2. The van der Waals surface area contributed by atoms with Crippen LogP contribution in [0.1, 0.15) is 36.8 Å². The normalized spacial score (nSPS) is 20.2. The Morgan fingerprint density at radius 2 is 1.79 bits per heavy atom. The van der Waals surface area contributed by atoms with E-state index in [1.165, 1.54) is 13.0 Å². The lowest BCUT2D eigenvalue weighted by Crippen LogP contribution is -2.42. The molecule has 0 aromatic heterocycles. The lowest BCUT2D eigenvalue weighted by Gasteiger charge is -2.33. The van der Waals surface area contributed by atoms with Gasteiger partial charge in [-0.3, -0.25) is 9.59 Å². The van der Waals surface area contributed by atoms with Crippen LogP contribution in [-0.2, 0) is 15.8 Å². The Bertz CT molecular complexity index is 918. The second-order valence-electron chi connectivity index (χ2n) is 7.49. The van der Waals surface area contributed by atoms with Gasteiger partial charge in [-0.25, -0.2) is 0 Å². The van der Waals surface area contributed by atoms with Gasteiger partial charge >= 0.3 is 6.18 Å². The van der Waals surface area contributed by atoms with Crippen molar-refractivity contribution in [3.05, 3.63) is 46.7 Å². The number of nitrogens with zero attached hydrogens (tertiary/aromatic N) is 2. The van der Waals surface area contributed by atoms with Crippen molar-refractivity contribution in [1.82, 2.24) is 13.3 Å². The molecule has 1 fully saturated rings. The number of nitrogens with one attached hydrogen (secondary N) is 1. The Labute approximate surface area is 177 Å². The molecule has 9 heteroatoms. The highest BCUT2D eigenvalue weighted by Gasteiger charge is 2.38. The minimum absolute atomic E-state index is 0.0182. The summed E-state index contributed by atoms with van der Waals surface area (Å²) in [4.78, 5) is 28.1. The minimum atomic E-state index is -4.37. The van der Waals surface area contributed by atoms with Gasteiger partial charge in [0.05, 0.1) is 15.6 Å². The first-order valence-electron chi connectivity index (χ1n) is 9.45. The summed E-state index contributed by atoms with van der Waals surface area (Å²) in [6, 6.07) is 5.74. The third kappa shape index (κ3) is 3.93. The van der Waals surface area contributed by atoms with Crippen LogP contribution in [0, 0.1) is 0 Å². The van der Waals surface area contributed by atoms with Crippen molar-refractivity contribution in [2.24, 2.45) is 0 Å². The van der Waals surface area contributed by atoms with Crippen LogP contribution < -0.4 is 3.53 Å². The van der Waals surface area contributed by atoms with Crippen LogP contribution in [0.4, 0.5) is 13.2 Å². The number of hydrogen-bond acceptors (Lipinski definition) is 3. The highest BCUT2D eigenvalue weighted by atomic mass is 127. The van der Waals surface area contributed by atoms with E-state index < -0.39 is 32.7 Å². The average molecular weight is 519 g/mol. The third-order valence-corrected chi connectivity index (χ3v) is 8.28. The zero-order valence-electron chi connectivity index (χ0n) is 15.9. The van der Waals surface area contributed by atoms with Gasteiger partial charge in [0, 0.05) is 58.8 Å². The van der Waals surface area contributed by atoms with E-state index in [0.717, 1.165) is 20.8 Å². The van der Waals surface area contributed by atoms with Crippen molar-refractivity contribution >= 4 is 36.3 Å². The average Bonchev–Trinajstić information content (AvgIpc) is 3.28. The number of amides is 2. The molecule has 3 heterocycles. The Morgan fingerprint density at radius 1 is 1.10 bits per heavy atom. The van der Waals surface area contributed by atoms with E-state index in [-0.39, 0.29) is 17.7 Å². The number of carbonyl (C=O) groups is 2. The first-order valence-corrected chi connectivity index (χ1v) is 11.6. The summed E-state index contributed by atoms with van der Waals surface area (Å²) in [5.74, 6) is -0.244. The molecule has 4 rings (SSSR count). The standard InChI is InChI=1S/C20H21F3IN3O2/c1-12(28)27-10-15-17(11-27)25-24-18(15)19(29)26-8-6-13(7-9-26)14-4-2-3-5-16(14)20(21,22)23/h2-5,13,25H,6-11H2,1H3. The number of likely N-dealkylation sites (tertiary alicyclic amines) is 1. The molecule has 0 aliphatic carbocycles. The Morgan fingerprint density at radius 3 is 2.45 bits per heavy atom. The number of benzene rings is 1. The van der Waals surface area contributed by atoms with E-state index in [4.69, 9.17) is 0 Å². The molecule has 1 aromatic rings. The lowest BCUT2D eigenvalue weighted by atomic mass is 9.86. The second-order valence-corrected chi connectivity index (χ2v) is 9.64. The number of halogens is 4. The van der Waals surface area contributed by atoms with Crippen molar-refractivity contribution in [3.63, 3.8) is 0 Å². The van der Waals surface area contributed by atoms with Gasteiger partial charge in [-0.2, -0.15) is 13.2 Å². The number of carbonyl (C=O) groups excluding carboxylic acids is 2. The maximum atomic E-state index is 13.3. The van der Waals surface area contributed by atoms with Crippen molar-refractivity contribution in [3.8, 4) is 0 Å². The summed E-state index contributed by atoms with van der Waals surface area (Å²) in [5.41, 5.74) is 1.68. The second kappa shape index (κ2) is 7.73. The maximum Gasteiger partial charge on any atom is 0.416 e. The molecule has 0 radical (unpaired) electrons. The van der Waals surface area contributed by atoms with Gasteiger partial charge in [0.1, 0.15) is 0 Å². The highest BCUT2D eigenvalue weighted by molar-refractivity contribution is 14.2.